The average Bonchev–Trinajstić information content (AvgIpc) is 3.61. The maximum atomic E-state index is 11.2. The first-order chi connectivity index (χ1) is 24.6. The molecule has 3 aromatic carbocycles. The molecule has 0 aliphatic heterocycles. The summed E-state index contributed by atoms with van der Waals surface area (Å²) in [5.41, 5.74) is 8.30. The largest absolute Gasteiger partial charge is 0.630 e. The molecule has 0 unspecified atom stereocenters. The van der Waals surface area contributed by atoms with Gasteiger partial charge in [-0.2, -0.15) is 0 Å². The SMILES string of the molecule is O.O.[O-][NH2+]c1cnccc1NCc1ccc2cncc(-c3cc4ccccc4o3)c2c1.[O-][NH2+]c1cnccc1NCc1ccc2cncc(Br)c2c1. The van der Waals surface area contributed by atoms with Crippen molar-refractivity contribution >= 4 is 71.2 Å². The van der Waals surface area contributed by atoms with Gasteiger partial charge in [0.1, 0.15) is 11.3 Å². The molecule has 8 aromatic rings. The molecule has 5 heterocycles. The lowest BCUT2D eigenvalue weighted by Crippen LogP contribution is -2.70. The minimum absolute atomic E-state index is 0. The lowest BCUT2D eigenvalue weighted by molar-refractivity contribution is -0.496. The molecule has 0 radical (unpaired) electrons. The van der Waals surface area contributed by atoms with Crippen LogP contribution in [-0.4, -0.2) is 30.9 Å². The molecule has 52 heavy (non-hydrogen) atoms. The van der Waals surface area contributed by atoms with Gasteiger partial charge in [-0.1, -0.05) is 42.5 Å². The lowest BCUT2D eigenvalue weighted by atomic mass is 10.0. The minimum Gasteiger partial charge on any atom is -0.630 e. The topological polar surface area (TPSA) is 231 Å². The fourth-order valence-electron chi connectivity index (χ4n) is 5.63. The third-order valence-corrected chi connectivity index (χ3v) is 8.85. The molecule has 0 saturated carbocycles. The van der Waals surface area contributed by atoms with Crippen molar-refractivity contribution in [1.29, 1.82) is 0 Å². The zero-order valence-electron chi connectivity index (χ0n) is 27.6. The summed E-state index contributed by atoms with van der Waals surface area (Å²) in [6.07, 6.45) is 13.8. The first-order valence-electron chi connectivity index (χ1n) is 15.7. The lowest BCUT2D eigenvalue weighted by Gasteiger charge is -2.11. The Bertz CT molecular complexity index is 2390. The Labute approximate surface area is 306 Å². The Morgan fingerprint density at radius 2 is 1.17 bits per heavy atom. The van der Waals surface area contributed by atoms with Crippen LogP contribution in [0.3, 0.4) is 0 Å². The van der Waals surface area contributed by atoms with E-state index in [0.717, 1.165) is 81.8 Å². The van der Waals surface area contributed by atoms with Gasteiger partial charge in [-0.25, -0.2) is 0 Å². The molecule has 0 bridgehead atoms. The predicted molar refractivity (Wildman–Crippen MR) is 207 cm³/mol. The van der Waals surface area contributed by atoms with Crippen LogP contribution < -0.4 is 21.6 Å². The van der Waals surface area contributed by atoms with Crippen molar-refractivity contribution in [3.05, 3.63) is 154 Å². The maximum absolute atomic E-state index is 11.2. The number of nitrogens with zero attached hydrogens (tertiary/aromatic N) is 4. The van der Waals surface area contributed by atoms with Crippen LogP contribution >= 0.6 is 15.9 Å². The van der Waals surface area contributed by atoms with Crippen molar-refractivity contribution in [3.63, 3.8) is 0 Å². The van der Waals surface area contributed by atoms with E-state index in [1.54, 1.807) is 43.1 Å². The molecule has 0 aliphatic carbocycles. The number of anilines is 2. The number of hydrogen-bond donors (Lipinski definition) is 4. The highest BCUT2D eigenvalue weighted by Gasteiger charge is 2.11. The molecule has 264 valence electrons. The van der Waals surface area contributed by atoms with Crippen molar-refractivity contribution in [3.8, 4) is 11.3 Å². The molecule has 0 atom stereocenters. The summed E-state index contributed by atoms with van der Waals surface area (Å²) in [4.78, 5) is 16.5. The van der Waals surface area contributed by atoms with Gasteiger partial charge in [0, 0.05) is 76.5 Å². The van der Waals surface area contributed by atoms with Gasteiger partial charge in [-0.05, 0) is 74.2 Å². The van der Waals surface area contributed by atoms with Crippen LogP contribution in [0.1, 0.15) is 11.1 Å². The summed E-state index contributed by atoms with van der Waals surface area (Å²) >= 11 is 3.51. The summed E-state index contributed by atoms with van der Waals surface area (Å²) in [5.74, 6) is 0.798. The number of aromatic nitrogens is 4. The average molecular weight is 764 g/mol. The third kappa shape index (κ3) is 8.37. The van der Waals surface area contributed by atoms with Crippen LogP contribution in [0, 0.1) is 10.4 Å². The van der Waals surface area contributed by atoms with Crippen molar-refractivity contribution in [2.45, 2.75) is 13.1 Å². The van der Waals surface area contributed by atoms with Crippen LogP contribution in [0.2, 0.25) is 0 Å². The van der Waals surface area contributed by atoms with Crippen molar-refractivity contribution < 1.29 is 26.3 Å². The molecule has 0 saturated heterocycles. The summed E-state index contributed by atoms with van der Waals surface area (Å²) in [6.45, 7) is 1.22. The van der Waals surface area contributed by atoms with Gasteiger partial charge in [0.25, 0.3) is 0 Å². The Balaban J connectivity index is 0.000000203. The highest BCUT2D eigenvalue weighted by Crippen LogP contribution is 2.33. The smallest absolute Gasteiger partial charge is 0.171 e. The molecule has 14 heteroatoms. The van der Waals surface area contributed by atoms with Gasteiger partial charge >= 0.3 is 0 Å². The molecule has 0 amide bonds. The van der Waals surface area contributed by atoms with Gasteiger partial charge in [-0.15, -0.1) is 0 Å². The highest BCUT2D eigenvalue weighted by molar-refractivity contribution is 9.10. The number of pyridine rings is 4. The van der Waals surface area contributed by atoms with E-state index in [1.807, 2.05) is 61.1 Å². The standard InChI is InChI=1S/C23H18N4O2.C15H13BrN4O.2H2O/c28-27-21-14-24-8-7-20(21)26-11-15-5-6-17-12-25-13-19(18(17)9-15)23-10-16-3-1-2-4-22(16)29-23;16-13-8-18-7-11-2-1-10(5-12(11)13)6-19-14-3-4-17-9-15(14)20-21;;/h1-10,12-14H,11,27H2,(H,24,26);1-5,7-9H,6,20H2,(H,17,19);2*1H2. The number of nitrogens with two attached hydrogens (primary N) is 2. The Hall–Kier alpha value is -5.84. The van der Waals surface area contributed by atoms with Gasteiger partial charge in [-0.3, -0.25) is 19.9 Å². The Morgan fingerprint density at radius 3 is 1.79 bits per heavy atom. The summed E-state index contributed by atoms with van der Waals surface area (Å²) in [7, 11) is 0. The summed E-state index contributed by atoms with van der Waals surface area (Å²) in [6, 6.07) is 26.0. The molecule has 8 rings (SSSR count). The number of benzene rings is 3. The zero-order valence-corrected chi connectivity index (χ0v) is 29.2. The Kier molecular flexibility index (Phi) is 12.5. The minimum atomic E-state index is 0. The number of quaternary nitrogens is 2. The molecule has 10 N–H and O–H groups in total. The van der Waals surface area contributed by atoms with Crippen LogP contribution in [0.25, 0.3) is 43.8 Å². The Morgan fingerprint density at radius 1 is 0.596 bits per heavy atom. The van der Waals surface area contributed by atoms with Crippen LogP contribution in [0.15, 0.2) is 137 Å². The van der Waals surface area contributed by atoms with E-state index >= 15 is 0 Å². The van der Waals surface area contributed by atoms with Crippen molar-refractivity contribution in [2.75, 3.05) is 10.6 Å². The van der Waals surface area contributed by atoms with E-state index in [2.05, 4.69) is 70.8 Å². The van der Waals surface area contributed by atoms with Crippen LogP contribution in [-0.2, 0) is 13.1 Å². The number of rotatable bonds is 9. The molecule has 5 aromatic heterocycles. The quantitative estimate of drug-likeness (QED) is 0.138. The molecule has 13 nitrogen and oxygen atoms in total. The predicted octanol–water partition coefficient (Wildman–Crippen LogP) is 5.40. The molecule has 0 aliphatic rings. The monoisotopic (exact) mass is 762 g/mol. The van der Waals surface area contributed by atoms with Crippen molar-refractivity contribution in [1.82, 2.24) is 19.9 Å². The second kappa shape index (κ2) is 17.4. The molecular formula is C38H35BrN8O5. The van der Waals surface area contributed by atoms with Gasteiger partial charge in [0.15, 0.2) is 11.4 Å². The molecule has 0 fully saturated rings. The molecule has 0 spiro atoms. The van der Waals surface area contributed by atoms with Gasteiger partial charge in [0.2, 0.25) is 0 Å². The zero-order chi connectivity index (χ0) is 34.3. The maximum Gasteiger partial charge on any atom is 0.171 e. The normalized spacial score (nSPS) is 10.6. The van der Waals surface area contributed by atoms with E-state index < -0.39 is 0 Å². The van der Waals surface area contributed by atoms with E-state index in [-0.39, 0.29) is 11.0 Å². The van der Waals surface area contributed by atoms with E-state index in [4.69, 9.17) is 4.42 Å². The second-order valence-electron chi connectivity index (χ2n) is 11.4. The van der Waals surface area contributed by atoms with E-state index in [9.17, 15) is 10.4 Å². The first kappa shape index (κ1) is 37.4. The first-order valence-corrected chi connectivity index (χ1v) is 16.5. The van der Waals surface area contributed by atoms with Gasteiger partial charge < -0.3 is 47.4 Å². The number of furan rings is 1. The van der Waals surface area contributed by atoms with Crippen LogP contribution in [0.4, 0.5) is 22.7 Å². The summed E-state index contributed by atoms with van der Waals surface area (Å²) < 4.78 is 7.03. The highest BCUT2D eigenvalue weighted by atomic mass is 79.9. The number of fused-ring (bicyclic) bond motifs is 3. The van der Waals surface area contributed by atoms with Gasteiger partial charge in [0.05, 0.1) is 23.8 Å². The molecular weight excluding hydrogens is 728 g/mol. The number of para-hydroxylation sites is 1. The van der Waals surface area contributed by atoms with E-state index in [1.165, 1.54) is 0 Å². The fraction of sp³-hybridized carbons (Fsp3) is 0.0526. The second-order valence-corrected chi connectivity index (χ2v) is 12.3. The number of hydrogen-bond acceptors (Lipinski definition) is 9. The number of nitrogens with one attached hydrogen (secondary N) is 2. The third-order valence-electron chi connectivity index (χ3n) is 8.22. The number of halogens is 1. The van der Waals surface area contributed by atoms with Crippen LogP contribution in [0.5, 0.6) is 0 Å². The van der Waals surface area contributed by atoms with E-state index in [0.29, 0.717) is 24.5 Å². The fourth-order valence-corrected chi connectivity index (χ4v) is 6.10. The van der Waals surface area contributed by atoms with Crippen molar-refractivity contribution in [2.24, 2.45) is 0 Å². The summed E-state index contributed by atoms with van der Waals surface area (Å²) in [5, 5.41) is 34.1.